The number of amides is 2. The van der Waals surface area contributed by atoms with Crippen molar-refractivity contribution in [3.05, 3.63) is 29.8 Å². The van der Waals surface area contributed by atoms with Crippen LogP contribution in [0, 0.1) is 0 Å². The maximum atomic E-state index is 12.7. The van der Waals surface area contributed by atoms with Crippen LogP contribution in [0.15, 0.2) is 29.2 Å². The fourth-order valence-electron chi connectivity index (χ4n) is 2.27. The minimum absolute atomic E-state index is 0.0343. The highest BCUT2D eigenvalue weighted by Gasteiger charge is 2.20. The molecule has 25 heavy (non-hydrogen) atoms. The number of hydrogen-bond donors (Lipinski definition) is 2. The second-order valence-electron chi connectivity index (χ2n) is 5.61. The Balaban J connectivity index is 2.99. The third-order valence-electron chi connectivity index (χ3n) is 3.41. The van der Waals surface area contributed by atoms with Gasteiger partial charge in [0.2, 0.25) is 15.9 Å². The van der Waals surface area contributed by atoms with Gasteiger partial charge in [-0.3, -0.25) is 9.59 Å². The van der Waals surface area contributed by atoms with E-state index < -0.39 is 10.0 Å². The summed E-state index contributed by atoms with van der Waals surface area (Å²) in [5.74, 6) is -0.581. The molecule has 7 nitrogen and oxygen atoms in total. The molecule has 1 rings (SSSR count). The lowest BCUT2D eigenvalue weighted by Crippen LogP contribution is -2.41. The van der Waals surface area contributed by atoms with Crippen molar-refractivity contribution >= 4 is 21.8 Å². The first-order chi connectivity index (χ1) is 11.9. The predicted octanol–water partition coefficient (Wildman–Crippen LogP) is 1.36. The Morgan fingerprint density at radius 3 is 2.44 bits per heavy atom. The van der Waals surface area contributed by atoms with E-state index in [1.807, 2.05) is 13.8 Å². The third-order valence-corrected chi connectivity index (χ3v) is 4.96. The van der Waals surface area contributed by atoms with Gasteiger partial charge in [-0.1, -0.05) is 26.8 Å². The van der Waals surface area contributed by atoms with Crippen molar-refractivity contribution in [2.75, 3.05) is 26.2 Å². The van der Waals surface area contributed by atoms with Crippen LogP contribution in [0.1, 0.15) is 44.0 Å². The maximum Gasteiger partial charge on any atom is 0.254 e. The first-order valence-corrected chi connectivity index (χ1v) is 9.99. The normalized spacial score (nSPS) is 11.2. The van der Waals surface area contributed by atoms with Crippen molar-refractivity contribution in [3.63, 3.8) is 0 Å². The lowest BCUT2D eigenvalue weighted by atomic mass is 10.2. The Labute approximate surface area is 149 Å². The number of rotatable bonds is 10. The molecule has 0 bridgehead atoms. The summed E-state index contributed by atoms with van der Waals surface area (Å²) in [5, 5.41) is 2.74. The van der Waals surface area contributed by atoms with Gasteiger partial charge in [0, 0.05) is 25.2 Å². The number of nitrogens with zero attached hydrogens (tertiary/aromatic N) is 1. The summed E-state index contributed by atoms with van der Waals surface area (Å²) in [4.78, 5) is 26.1. The van der Waals surface area contributed by atoms with Gasteiger partial charge >= 0.3 is 0 Å². The topological polar surface area (TPSA) is 95.6 Å². The summed E-state index contributed by atoms with van der Waals surface area (Å²) in [6.45, 7) is 6.75. The van der Waals surface area contributed by atoms with Gasteiger partial charge in [-0.25, -0.2) is 13.1 Å². The minimum Gasteiger partial charge on any atom is -0.355 e. The number of sulfonamides is 1. The van der Waals surface area contributed by atoms with Crippen molar-refractivity contribution in [3.8, 4) is 0 Å². The molecule has 0 aliphatic heterocycles. The molecule has 1 aromatic carbocycles. The molecule has 0 saturated carbocycles. The fraction of sp³-hybridized carbons (Fsp3) is 0.529. The van der Waals surface area contributed by atoms with Gasteiger partial charge in [-0.05, 0) is 31.0 Å². The van der Waals surface area contributed by atoms with Crippen LogP contribution < -0.4 is 10.0 Å². The molecule has 1 aromatic rings. The number of nitrogens with one attached hydrogen (secondary N) is 2. The highest BCUT2D eigenvalue weighted by Crippen LogP contribution is 2.13. The van der Waals surface area contributed by atoms with Gasteiger partial charge in [0.25, 0.3) is 5.91 Å². The van der Waals surface area contributed by atoms with Crippen molar-refractivity contribution in [1.29, 1.82) is 0 Å². The van der Waals surface area contributed by atoms with Gasteiger partial charge < -0.3 is 10.2 Å². The van der Waals surface area contributed by atoms with E-state index in [1.54, 1.807) is 13.0 Å². The van der Waals surface area contributed by atoms with Gasteiger partial charge in [0.1, 0.15) is 0 Å². The van der Waals surface area contributed by atoms with Crippen LogP contribution in [0.4, 0.5) is 0 Å². The van der Waals surface area contributed by atoms with Crippen LogP contribution >= 0.6 is 0 Å². The minimum atomic E-state index is -3.64. The maximum absolute atomic E-state index is 12.7. The smallest absolute Gasteiger partial charge is 0.254 e. The van der Waals surface area contributed by atoms with Gasteiger partial charge in [0.05, 0.1) is 11.4 Å². The molecule has 0 saturated heterocycles. The summed E-state index contributed by atoms with van der Waals surface area (Å²) in [7, 11) is -3.64. The zero-order valence-electron chi connectivity index (χ0n) is 15.0. The molecule has 0 aromatic heterocycles. The van der Waals surface area contributed by atoms with E-state index in [-0.39, 0.29) is 35.4 Å². The van der Waals surface area contributed by atoms with Gasteiger partial charge in [0.15, 0.2) is 0 Å². The second kappa shape index (κ2) is 10.1. The van der Waals surface area contributed by atoms with Crippen LogP contribution in [0.2, 0.25) is 0 Å². The lowest BCUT2D eigenvalue weighted by Gasteiger charge is -2.22. The molecule has 8 heteroatoms. The molecule has 2 amide bonds. The van der Waals surface area contributed by atoms with Crippen LogP contribution in [0.3, 0.4) is 0 Å². The average molecular weight is 369 g/mol. The summed E-state index contributed by atoms with van der Waals surface area (Å²) in [5.41, 5.74) is 0.246. The SMILES string of the molecule is CCCNC(=O)CN(CCC)C(=O)c1cccc(S(=O)(=O)NCC)c1. The van der Waals surface area contributed by atoms with Crippen molar-refractivity contribution in [2.24, 2.45) is 0 Å². The van der Waals surface area contributed by atoms with Crippen molar-refractivity contribution in [1.82, 2.24) is 14.9 Å². The molecule has 140 valence electrons. The Kier molecular flexibility index (Phi) is 8.57. The van der Waals surface area contributed by atoms with Crippen LogP contribution in [0.25, 0.3) is 0 Å². The van der Waals surface area contributed by atoms with Crippen LogP contribution in [-0.4, -0.2) is 51.3 Å². The number of carbonyl (C=O) groups excluding carboxylic acids is 2. The zero-order chi connectivity index (χ0) is 18.9. The molecular weight excluding hydrogens is 342 g/mol. The first kappa shape index (κ1) is 21.1. The van der Waals surface area contributed by atoms with Crippen molar-refractivity contribution in [2.45, 2.75) is 38.5 Å². The summed E-state index contributed by atoms with van der Waals surface area (Å²) < 4.78 is 26.6. The van der Waals surface area contributed by atoms with E-state index in [9.17, 15) is 18.0 Å². The van der Waals surface area contributed by atoms with Gasteiger partial charge in [-0.15, -0.1) is 0 Å². The van der Waals surface area contributed by atoms with E-state index in [0.717, 1.165) is 6.42 Å². The largest absolute Gasteiger partial charge is 0.355 e. The molecule has 0 aliphatic carbocycles. The Morgan fingerprint density at radius 2 is 1.84 bits per heavy atom. The molecule has 0 fully saturated rings. The molecule has 0 unspecified atom stereocenters. The highest BCUT2D eigenvalue weighted by molar-refractivity contribution is 7.89. The van der Waals surface area contributed by atoms with Crippen LogP contribution in [-0.2, 0) is 14.8 Å². The monoisotopic (exact) mass is 369 g/mol. The third kappa shape index (κ3) is 6.47. The molecule has 0 atom stereocenters. The number of hydrogen-bond acceptors (Lipinski definition) is 4. The molecule has 0 heterocycles. The summed E-state index contributed by atoms with van der Waals surface area (Å²) >= 11 is 0. The Morgan fingerprint density at radius 1 is 1.12 bits per heavy atom. The molecule has 0 spiro atoms. The zero-order valence-corrected chi connectivity index (χ0v) is 15.9. The van der Waals surface area contributed by atoms with E-state index in [0.29, 0.717) is 19.5 Å². The standard InChI is InChI=1S/C17H27N3O4S/c1-4-10-18-16(21)13-20(11-5-2)17(22)14-8-7-9-15(12-14)25(23,24)19-6-3/h7-9,12,19H,4-6,10-11,13H2,1-3H3,(H,18,21). The molecule has 2 N–H and O–H groups in total. The van der Waals surface area contributed by atoms with Crippen molar-refractivity contribution < 1.29 is 18.0 Å². The molecule has 0 radical (unpaired) electrons. The summed E-state index contributed by atoms with van der Waals surface area (Å²) in [6, 6.07) is 5.86. The molecule has 0 aliphatic rings. The van der Waals surface area contributed by atoms with E-state index in [2.05, 4.69) is 10.0 Å². The Bertz CT molecular complexity index is 689. The van der Waals surface area contributed by atoms with E-state index in [1.165, 1.54) is 23.1 Å². The Hall–Kier alpha value is -1.93. The highest BCUT2D eigenvalue weighted by atomic mass is 32.2. The second-order valence-corrected chi connectivity index (χ2v) is 7.37. The lowest BCUT2D eigenvalue weighted by molar-refractivity contribution is -0.121. The first-order valence-electron chi connectivity index (χ1n) is 8.51. The molecular formula is C17H27N3O4S. The summed E-state index contributed by atoms with van der Waals surface area (Å²) in [6.07, 6.45) is 1.51. The van der Waals surface area contributed by atoms with Gasteiger partial charge in [-0.2, -0.15) is 0 Å². The predicted molar refractivity (Wildman–Crippen MR) is 96.8 cm³/mol. The van der Waals surface area contributed by atoms with E-state index >= 15 is 0 Å². The number of benzene rings is 1. The van der Waals surface area contributed by atoms with Crippen LogP contribution in [0.5, 0.6) is 0 Å². The quantitative estimate of drug-likeness (QED) is 0.651. The number of carbonyl (C=O) groups is 2. The average Bonchev–Trinajstić information content (AvgIpc) is 2.59. The fourth-order valence-corrected chi connectivity index (χ4v) is 3.35. The van der Waals surface area contributed by atoms with E-state index in [4.69, 9.17) is 0 Å².